The Morgan fingerprint density at radius 3 is 3.27 bits per heavy atom. The standard InChI is InChI=1S/C8H12N2O/c11-7-2-5-10-4-1-3-9-8(10)6-7/h6,9H,1-5H2. The molecule has 3 heteroatoms. The Labute approximate surface area is 66.1 Å². The van der Waals surface area contributed by atoms with E-state index >= 15 is 0 Å². The van der Waals surface area contributed by atoms with Crippen LogP contribution in [0.3, 0.4) is 0 Å². The van der Waals surface area contributed by atoms with Crippen LogP contribution in [-0.2, 0) is 4.79 Å². The van der Waals surface area contributed by atoms with E-state index in [4.69, 9.17) is 0 Å². The third-order valence-electron chi connectivity index (χ3n) is 2.18. The zero-order valence-corrected chi connectivity index (χ0v) is 6.47. The molecule has 0 atom stereocenters. The maximum Gasteiger partial charge on any atom is 0.161 e. The number of hydrogen-bond donors (Lipinski definition) is 1. The fourth-order valence-corrected chi connectivity index (χ4v) is 1.56. The third-order valence-corrected chi connectivity index (χ3v) is 2.18. The monoisotopic (exact) mass is 152 g/mol. The van der Waals surface area contributed by atoms with E-state index in [1.54, 1.807) is 6.08 Å². The van der Waals surface area contributed by atoms with Crippen LogP contribution in [0.2, 0.25) is 0 Å². The Hall–Kier alpha value is -0.990. The van der Waals surface area contributed by atoms with E-state index in [2.05, 4.69) is 10.2 Å². The van der Waals surface area contributed by atoms with Gasteiger partial charge in [-0.3, -0.25) is 4.79 Å². The number of nitrogens with zero attached hydrogens (tertiary/aromatic N) is 1. The second-order valence-electron chi connectivity index (χ2n) is 3.01. The third kappa shape index (κ3) is 1.23. The van der Waals surface area contributed by atoms with Crippen LogP contribution in [0.15, 0.2) is 11.9 Å². The zero-order valence-electron chi connectivity index (χ0n) is 6.47. The van der Waals surface area contributed by atoms with Crippen molar-refractivity contribution in [3.05, 3.63) is 11.9 Å². The molecule has 1 N–H and O–H groups in total. The van der Waals surface area contributed by atoms with E-state index in [0.29, 0.717) is 6.42 Å². The summed E-state index contributed by atoms with van der Waals surface area (Å²) in [7, 11) is 0. The molecule has 0 saturated carbocycles. The van der Waals surface area contributed by atoms with Gasteiger partial charge in [0, 0.05) is 32.1 Å². The molecule has 0 aromatic rings. The highest BCUT2D eigenvalue weighted by Gasteiger charge is 2.19. The Bertz CT molecular complexity index is 210. The molecule has 0 aliphatic carbocycles. The summed E-state index contributed by atoms with van der Waals surface area (Å²) in [5.41, 5.74) is 0. The van der Waals surface area contributed by atoms with Crippen molar-refractivity contribution in [1.82, 2.24) is 10.2 Å². The van der Waals surface area contributed by atoms with Gasteiger partial charge in [-0.2, -0.15) is 0 Å². The molecule has 2 aliphatic heterocycles. The molecule has 0 bridgehead atoms. The lowest BCUT2D eigenvalue weighted by Gasteiger charge is -2.34. The molecule has 2 rings (SSSR count). The number of carbonyl (C=O) groups is 1. The van der Waals surface area contributed by atoms with Crippen LogP contribution in [0.5, 0.6) is 0 Å². The maximum absolute atomic E-state index is 11.0. The van der Waals surface area contributed by atoms with Crippen LogP contribution >= 0.6 is 0 Å². The first kappa shape index (κ1) is 6.70. The van der Waals surface area contributed by atoms with Gasteiger partial charge in [0.25, 0.3) is 0 Å². The van der Waals surface area contributed by atoms with Gasteiger partial charge in [-0.1, -0.05) is 0 Å². The molecule has 0 aromatic heterocycles. The van der Waals surface area contributed by atoms with Gasteiger partial charge < -0.3 is 10.2 Å². The SMILES string of the molecule is O=C1C=C2NCCCN2CC1. The summed E-state index contributed by atoms with van der Waals surface area (Å²) in [4.78, 5) is 13.2. The molecule has 2 heterocycles. The summed E-state index contributed by atoms with van der Waals surface area (Å²) in [5, 5.41) is 3.22. The van der Waals surface area contributed by atoms with E-state index in [0.717, 1.165) is 25.5 Å². The molecular weight excluding hydrogens is 140 g/mol. The maximum atomic E-state index is 11.0. The number of hydrogen-bond acceptors (Lipinski definition) is 3. The second-order valence-corrected chi connectivity index (χ2v) is 3.01. The second kappa shape index (κ2) is 2.57. The van der Waals surface area contributed by atoms with Crippen molar-refractivity contribution in [3.8, 4) is 0 Å². The Morgan fingerprint density at radius 1 is 1.45 bits per heavy atom. The number of rotatable bonds is 0. The predicted molar refractivity (Wildman–Crippen MR) is 41.9 cm³/mol. The average Bonchev–Trinajstić information content (AvgIpc) is 2.04. The topological polar surface area (TPSA) is 32.3 Å². The Kier molecular flexibility index (Phi) is 1.56. The van der Waals surface area contributed by atoms with Gasteiger partial charge in [-0.05, 0) is 6.42 Å². The summed E-state index contributed by atoms with van der Waals surface area (Å²) < 4.78 is 0. The predicted octanol–water partition coefficient (Wildman–Crippen LogP) is 0.0959. The van der Waals surface area contributed by atoms with Crippen LogP contribution in [0.1, 0.15) is 12.8 Å². The van der Waals surface area contributed by atoms with Crippen molar-refractivity contribution in [2.75, 3.05) is 19.6 Å². The van der Waals surface area contributed by atoms with Gasteiger partial charge in [0.1, 0.15) is 5.82 Å². The van der Waals surface area contributed by atoms with Crippen molar-refractivity contribution < 1.29 is 4.79 Å². The minimum absolute atomic E-state index is 0.255. The van der Waals surface area contributed by atoms with Crippen molar-refractivity contribution in [3.63, 3.8) is 0 Å². The number of ketones is 1. The van der Waals surface area contributed by atoms with Gasteiger partial charge in [0.15, 0.2) is 5.78 Å². The molecule has 0 aromatic carbocycles. The van der Waals surface area contributed by atoms with E-state index in [1.807, 2.05) is 0 Å². The van der Waals surface area contributed by atoms with E-state index < -0.39 is 0 Å². The first-order valence-corrected chi connectivity index (χ1v) is 4.09. The van der Waals surface area contributed by atoms with Crippen molar-refractivity contribution in [2.24, 2.45) is 0 Å². The van der Waals surface area contributed by atoms with Crippen LogP contribution in [-0.4, -0.2) is 30.3 Å². The molecule has 0 radical (unpaired) electrons. The summed E-state index contributed by atoms with van der Waals surface area (Å²) in [6, 6.07) is 0. The summed E-state index contributed by atoms with van der Waals surface area (Å²) in [6.45, 7) is 3.01. The largest absolute Gasteiger partial charge is 0.372 e. The fourth-order valence-electron chi connectivity index (χ4n) is 1.56. The number of carbonyl (C=O) groups excluding carboxylic acids is 1. The molecule has 1 saturated heterocycles. The lowest BCUT2D eigenvalue weighted by atomic mass is 10.1. The normalized spacial score (nSPS) is 23.8. The van der Waals surface area contributed by atoms with Gasteiger partial charge in [-0.15, -0.1) is 0 Å². The first-order chi connectivity index (χ1) is 5.36. The smallest absolute Gasteiger partial charge is 0.161 e. The molecule has 60 valence electrons. The van der Waals surface area contributed by atoms with Gasteiger partial charge >= 0.3 is 0 Å². The fraction of sp³-hybridized carbons (Fsp3) is 0.625. The minimum Gasteiger partial charge on any atom is -0.372 e. The molecule has 2 aliphatic rings. The highest BCUT2D eigenvalue weighted by Crippen LogP contribution is 2.13. The first-order valence-electron chi connectivity index (χ1n) is 4.09. The van der Waals surface area contributed by atoms with Crippen LogP contribution in [0, 0.1) is 0 Å². The molecule has 0 amide bonds. The molecule has 1 fully saturated rings. The van der Waals surface area contributed by atoms with Crippen LogP contribution < -0.4 is 5.32 Å². The summed E-state index contributed by atoms with van der Waals surface area (Å²) in [5.74, 6) is 1.29. The van der Waals surface area contributed by atoms with Gasteiger partial charge in [0.05, 0.1) is 0 Å². The van der Waals surface area contributed by atoms with Gasteiger partial charge in [0.2, 0.25) is 0 Å². The minimum atomic E-state index is 0.255. The number of fused-ring (bicyclic) bond motifs is 1. The molecule has 11 heavy (non-hydrogen) atoms. The van der Waals surface area contributed by atoms with Crippen LogP contribution in [0.25, 0.3) is 0 Å². The van der Waals surface area contributed by atoms with Gasteiger partial charge in [-0.25, -0.2) is 0 Å². The lowest BCUT2D eigenvalue weighted by Crippen LogP contribution is -2.42. The van der Waals surface area contributed by atoms with Crippen LogP contribution in [0.4, 0.5) is 0 Å². The number of allylic oxidation sites excluding steroid dienone is 1. The quantitative estimate of drug-likeness (QED) is 0.534. The van der Waals surface area contributed by atoms with E-state index in [-0.39, 0.29) is 5.78 Å². The Balaban J connectivity index is 2.16. The van der Waals surface area contributed by atoms with Crippen molar-refractivity contribution >= 4 is 5.78 Å². The summed E-state index contributed by atoms with van der Waals surface area (Å²) >= 11 is 0. The highest BCUT2D eigenvalue weighted by atomic mass is 16.1. The summed E-state index contributed by atoms with van der Waals surface area (Å²) in [6.07, 6.45) is 3.60. The number of nitrogens with one attached hydrogen (secondary N) is 1. The molecule has 0 spiro atoms. The molecular formula is C8H12N2O. The molecule has 0 unspecified atom stereocenters. The Morgan fingerprint density at radius 2 is 2.36 bits per heavy atom. The van der Waals surface area contributed by atoms with E-state index in [1.165, 1.54) is 6.42 Å². The van der Waals surface area contributed by atoms with E-state index in [9.17, 15) is 4.79 Å². The van der Waals surface area contributed by atoms with Crippen molar-refractivity contribution in [1.29, 1.82) is 0 Å². The average molecular weight is 152 g/mol. The lowest BCUT2D eigenvalue weighted by molar-refractivity contribution is -0.115. The highest BCUT2D eigenvalue weighted by molar-refractivity contribution is 5.91. The zero-order chi connectivity index (χ0) is 7.68. The molecule has 3 nitrogen and oxygen atoms in total. The van der Waals surface area contributed by atoms with Crippen molar-refractivity contribution in [2.45, 2.75) is 12.8 Å².